The van der Waals surface area contributed by atoms with Gasteiger partial charge in [-0.25, -0.2) is 4.79 Å². The van der Waals surface area contributed by atoms with Crippen LogP contribution in [0, 0.1) is 5.41 Å². The highest BCUT2D eigenvalue weighted by Gasteiger charge is 2.72. The summed E-state index contributed by atoms with van der Waals surface area (Å²) in [4.78, 5) is 44.4. The standard InChI is InChI=1S/C30H25NO6/c1-35-18-13-14-21(23(16-18)36-2)25-26(29(34)37-3)31-22-11-7-4-8-17(22)12-15-24(31)30(25)27(32)19-9-5-6-10-20(19)28(30)33/h4-16,24-26H,1-3H3/t24-,25-,26+/m0/s1. The molecular formula is C30H25NO6. The molecule has 2 aliphatic heterocycles. The third kappa shape index (κ3) is 2.91. The summed E-state index contributed by atoms with van der Waals surface area (Å²) in [5.74, 6) is -1.06. The number of rotatable bonds is 4. The highest BCUT2D eigenvalue weighted by atomic mass is 16.5. The monoisotopic (exact) mass is 495 g/mol. The maximum Gasteiger partial charge on any atom is 0.329 e. The van der Waals surface area contributed by atoms with E-state index in [1.165, 1.54) is 14.2 Å². The maximum absolute atomic E-state index is 14.5. The Bertz CT molecular complexity index is 1460. The Hall–Kier alpha value is -4.39. The molecule has 1 aliphatic carbocycles. The van der Waals surface area contributed by atoms with Crippen molar-refractivity contribution < 1.29 is 28.6 Å². The molecule has 0 amide bonds. The van der Waals surface area contributed by atoms with Gasteiger partial charge in [0, 0.05) is 34.4 Å². The lowest BCUT2D eigenvalue weighted by atomic mass is 9.64. The van der Waals surface area contributed by atoms with Gasteiger partial charge in [-0.15, -0.1) is 0 Å². The van der Waals surface area contributed by atoms with Crippen molar-refractivity contribution >= 4 is 29.3 Å². The molecule has 3 atom stereocenters. The molecule has 3 aliphatic rings. The molecule has 0 bridgehead atoms. The molecule has 6 rings (SSSR count). The number of methoxy groups -OCH3 is 3. The Morgan fingerprint density at radius 3 is 2.19 bits per heavy atom. The summed E-state index contributed by atoms with van der Waals surface area (Å²) in [5, 5.41) is 0. The molecule has 7 heteroatoms. The molecule has 7 nitrogen and oxygen atoms in total. The predicted octanol–water partition coefficient (Wildman–Crippen LogP) is 4.31. The Balaban J connectivity index is 1.70. The largest absolute Gasteiger partial charge is 0.497 e. The van der Waals surface area contributed by atoms with Crippen LogP contribution in [0.25, 0.3) is 6.08 Å². The maximum atomic E-state index is 14.5. The van der Waals surface area contributed by atoms with Gasteiger partial charge in [-0.1, -0.05) is 60.7 Å². The highest BCUT2D eigenvalue weighted by molar-refractivity contribution is 6.32. The number of benzene rings is 3. The summed E-state index contributed by atoms with van der Waals surface area (Å²) in [5.41, 5.74) is 1.34. The Morgan fingerprint density at radius 1 is 0.865 bits per heavy atom. The van der Waals surface area contributed by atoms with E-state index < -0.39 is 29.4 Å². The van der Waals surface area contributed by atoms with E-state index in [9.17, 15) is 14.4 Å². The summed E-state index contributed by atoms with van der Waals surface area (Å²) in [6.07, 6.45) is 3.79. The van der Waals surface area contributed by atoms with Crippen molar-refractivity contribution in [2.75, 3.05) is 26.2 Å². The molecule has 3 aromatic carbocycles. The molecular weight excluding hydrogens is 470 g/mol. The van der Waals surface area contributed by atoms with E-state index >= 15 is 0 Å². The molecule has 0 unspecified atom stereocenters. The number of ketones is 2. The second kappa shape index (κ2) is 8.34. The number of carbonyl (C=O) groups excluding carboxylic acids is 3. The van der Waals surface area contributed by atoms with E-state index in [1.54, 1.807) is 49.6 Å². The SMILES string of the molecule is COC(=O)[C@H]1[C@H](c2ccc(OC)cc2OC)C2(C(=O)c3ccccc3C2=O)[C@@H]2C=Cc3ccccc3N21. The lowest BCUT2D eigenvalue weighted by Crippen LogP contribution is -2.48. The lowest BCUT2D eigenvalue weighted by molar-refractivity contribution is -0.142. The molecule has 1 spiro atoms. The van der Waals surface area contributed by atoms with E-state index in [-0.39, 0.29) is 11.6 Å². The number of Topliss-reactive ketones (excluding diaryl/α,β-unsaturated/α-hetero) is 2. The summed E-state index contributed by atoms with van der Waals surface area (Å²) in [7, 11) is 4.39. The highest BCUT2D eigenvalue weighted by Crippen LogP contribution is 2.61. The average molecular weight is 496 g/mol. The number of para-hydroxylation sites is 1. The minimum absolute atomic E-state index is 0.304. The zero-order valence-electron chi connectivity index (χ0n) is 20.6. The van der Waals surface area contributed by atoms with Crippen molar-refractivity contribution in [2.24, 2.45) is 5.41 Å². The fourth-order valence-electron chi connectivity index (χ4n) is 6.43. The van der Waals surface area contributed by atoms with Gasteiger partial charge in [0.25, 0.3) is 0 Å². The molecule has 2 heterocycles. The first-order chi connectivity index (χ1) is 18.0. The van der Waals surface area contributed by atoms with E-state index in [0.29, 0.717) is 28.2 Å². The van der Waals surface area contributed by atoms with Crippen molar-refractivity contribution in [3.05, 3.63) is 95.1 Å². The van der Waals surface area contributed by atoms with Gasteiger partial charge in [0.1, 0.15) is 23.0 Å². The van der Waals surface area contributed by atoms with Crippen LogP contribution in [-0.2, 0) is 9.53 Å². The second-order valence-electron chi connectivity index (χ2n) is 9.40. The van der Waals surface area contributed by atoms with Gasteiger partial charge < -0.3 is 19.1 Å². The molecule has 3 aromatic rings. The normalized spacial score (nSPS) is 22.5. The van der Waals surface area contributed by atoms with Crippen molar-refractivity contribution in [3.63, 3.8) is 0 Å². The van der Waals surface area contributed by atoms with Gasteiger partial charge >= 0.3 is 5.97 Å². The Labute approximate surface area is 214 Å². The number of hydrogen-bond acceptors (Lipinski definition) is 7. The topological polar surface area (TPSA) is 82.1 Å². The van der Waals surface area contributed by atoms with Gasteiger partial charge in [0.2, 0.25) is 0 Å². The van der Waals surface area contributed by atoms with Crippen LogP contribution in [0.2, 0.25) is 0 Å². The predicted molar refractivity (Wildman–Crippen MR) is 137 cm³/mol. The van der Waals surface area contributed by atoms with Gasteiger partial charge in [-0.05, 0) is 17.7 Å². The quantitative estimate of drug-likeness (QED) is 0.394. The number of hydrogen-bond donors (Lipinski definition) is 0. The molecule has 1 fully saturated rings. The van der Waals surface area contributed by atoms with Gasteiger partial charge in [-0.2, -0.15) is 0 Å². The van der Waals surface area contributed by atoms with Crippen molar-refractivity contribution in [2.45, 2.75) is 18.0 Å². The van der Waals surface area contributed by atoms with Crippen LogP contribution in [0.5, 0.6) is 11.5 Å². The number of anilines is 1. The smallest absolute Gasteiger partial charge is 0.329 e. The Morgan fingerprint density at radius 2 is 1.54 bits per heavy atom. The van der Waals surface area contributed by atoms with Crippen LogP contribution >= 0.6 is 0 Å². The number of carbonyl (C=O) groups is 3. The zero-order chi connectivity index (χ0) is 25.9. The summed E-state index contributed by atoms with van der Waals surface area (Å²) < 4.78 is 16.5. The second-order valence-corrected chi connectivity index (χ2v) is 9.40. The molecule has 0 saturated carbocycles. The first-order valence-electron chi connectivity index (χ1n) is 12.0. The van der Waals surface area contributed by atoms with Crippen molar-refractivity contribution in [1.82, 2.24) is 0 Å². The van der Waals surface area contributed by atoms with Crippen LogP contribution in [0.1, 0.15) is 37.8 Å². The molecule has 0 aromatic heterocycles. The first-order valence-corrected chi connectivity index (χ1v) is 12.0. The van der Waals surface area contributed by atoms with Crippen LogP contribution in [0.4, 0.5) is 5.69 Å². The minimum Gasteiger partial charge on any atom is -0.497 e. The summed E-state index contributed by atoms with van der Waals surface area (Å²) >= 11 is 0. The van der Waals surface area contributed by atoms with Crippen LogP contribution in [-0.4, -0.2) is 50.9 Å². The van der Waals surface area contributed by atoms with E-state index in [4.69, 9.17) is 14.2 Å². The van der Waals surface area contributed by atoms with E-state index in [1.807, 2.05) is 41.3 Å². The minimum atomic E-state index is -1.60. The third-order valence-electron chi connectivity index (χ3n) is 7.93. The molecule has 37 heavy (non-hydrogen) atoms. The van der Waals surface area contributed by atoms with Gasteiger partial charge in [0.05, 0.1) is 27.4 Å². The molecule has 0 radical (unpaired) electrons. The van der Waals surface area contributed by atoms with Gasteiger partial charge in [0.15, 0.2) is 11.6 Å². The third-order valence-corrected chi connectivity index (χ3v) is 7.93. The van der Waals surface area contributed by atoms with Crippen LogP contribution < -0.4 is 14.4 Å². The van der Waals surface area contributed by atoms with Crippen LogP contribution in [0.3, 0.4) is 0 Å². The number of nitrogens with zero attached hydrogens (tertiary/aromatic N) is 1. The van der Waals surface area contributed by atoms with Crippen molar-refractivity contribution in [3.8, 4) is 11.5 Å². The van der Waals surface area contributed by atoms with Crippen LogP contribution in [0.15, 0.2) is 72.8 Å². The molecule has 0 N–H and O–H groups in total. The van der Waals surface area contributed by atoms with E-state index in [2.05, 4.69) is 0 Å². The summed E-state index contributed by atoms with van der Waals surface area (Å²) in [6.45, 7) is 0. The number of ether oxygens (including phenoxy) is 3. The fourth-order valence-corrected chi connectivity index (χ4v) is 6.43. The van der Waals surface area contributed by atoms with E-state index in [0.717, 1.165) is 11.3 Å². The summed E-state index contributed by atoms with van der Waals surface area (Å²) in [6, 6.07) is 18.1. The average Bonchev–Trinajstić information content (AvgIpc) is 3.38. The fraction of sp³-hybridized carbons (Fsp3) is 0.233. The molecule has 1 saturated heterocycles. The lowest BCUT2D eigenvalue weighted by Gasteiger charge is -2.36. The molecule has 186 valence electrons. The number of esters is 1. The first kappa shape index (κ1) is 23.0. The van der Waals surface area contributed by atoms with Gasteiger partial charge in [-0.3, -0.25) is 9.59 Å². The number of fused-ring (bicyclic) bond motifs is 5. The zero-order valence-corrected chi connectivity index (χ0v) is 20.6. The Kier molecular flexibility index (Phi) is 5.19. The van der Waals surface area contributed by atoms with Crippen molar-refractivity contribution in [1.29, 1.82) is 0 Å².